The van der Waals surface area contributed by atoms with E-state index in [0.29, 0.717) is 28.8 Å². The molecule has 0 saturated heterocycles. The molecule has 1 fully saturated rings. The van der Waals surface area contributed by atoms with Crippen LogP contribution in [0.5, 0.6) is 17.2 Å². The SMILES string of the molecule is COc1ccccc1-c1cncc(NC(=O)C2(c3ccc4c(c3)OCO4)CC2)n1. The monoisotopic (exact) mass is 389 g/mol. The lowest BCUT2D eigenvalue weighted by molar-refractivity contribution is -0.118. The number of carbonyl (C=O) groups is 1. The Hall–Kier alpha value is -3.61. The molecule has 2 aliphatic rings. The Kier molecular flexibility index (Phi) is 4.08. The van der Waals surface area contributed by atoms with E-state index in [1.54, 1.807) is 19.5 Å². The summed E-state index contributed by atoms with van der Waals surface area (Å²) in [4.78, 5) is 21.9. The Morgan fingerprint density at radius 3 is 2.76 bits per heavy atom. The molecule has 7 heteroatoms. The van der Waals surface area contributed by atoms with Crippen LogP contribution in [0.4, 0.5) is 5.82 Å². The topological polar surface area (TPSA) is 82.6 Å². The van der Waals surface area contributed by atoms with Crippen LogP contribution in [-0.2, 0) is 10.2 Å². The van der Waals surface area contributed by atoms with Gasteiger partial charge in [-0.2, -0.15) is 0 Å². The summed E-state index contributed by atoms with van der Waals surface area (Å²) in [6.07, 6.45) is 4.75. The first-order chi connectivity index (χ1) is 14.2. The highest BCUT2D eigenvalue weighted by atomic mass is 16.7. The van der Waals surface area contributed by atoms with Gasteiger partial charge in [-0.05, 0) is 42.7 Å². The molecular weight excluding hydrogens is 370 g/mol. The van der Waals surface area contributed by atoms with Gasteiger partial charge in [0.2, 0.25) is 12.7 Å². The van der Waals surface area contributed by atoms with Gasteiger partial charge in [-0.3, -0.25) is 9.78 Å². The Bertz CT molecular complexity index is 1090. The lowest BCUT2D eigenvalue weighted by atomic mass is 9.94. The average Bonchev–Trinajstić information content (AvgIpc) is 3.45. The number of amides is 1. The second-order valence-electron chi connectivity index (χ2n) is 7.09. The van der Waals surface area contributed by atoms with Crippen molar-refractivity contribution in [1.29, 1.82) is 0 Å². The predicted octanol–water partition coefficient (Wildman–Crippen LogP) is 3.55. The van der Waals surface area contributed by atoms with Gasteiger partial charge in [0.25, 0.3) is 0 Å². The quantitative estimate of drug-likeness (QED) is 0.719. The molecule has 1 aromatic heterocycles. The third kappa shape index (κ3) is 3.04. The molecule has 5 rings (SSSR count). The fraction of sp³-hybridized carbons (Fsp3) is 0.227. The van der Waals surface area contributed by atoms with Crippen molar-refractivity contribution in [1.82, 2.24) is 9.97 Å². The summed E-state index contributed by atoms with van der Waals surface area (Å²) in [5.74, 6) is 2.40. The number of aromatic nitrogens is 2. The second kappa shape index (κ2) is 6.77. The summed E-state index contributed by atoms with van der Waals surface area (Å²) in [7, 11) is 1.61. The third-order valence-corrected chi connectivity index (χ3v) is 5.37. The fourth-order valence-electron chi connectivity index (χ4n) is 3.61. The van der Waals surface area contributed by atoms with E-state index in [4.69, 9.17) is 14.2 Å². The number of para-hydroxylation sites is 1. The number of carbonyl (C=O) groups excluding carboxylic acids is 1. The fourth-order valence-corrected chi connectivity index (χ4v) is 3.61. The van der Waals surface area contributed by atoms with Crippen LogP contribution < -0.4 is 19.5 Å². The van der Waals surface area contributed by atoms with E-state index in [1.807, 2.05) is 42.5 Å². The number of nitrogens with zero attached hydrogens (tertiary/aromatic N) is 2. The number of rotatable bonds is 5. The molecule has 146 valence electrons. The maximum Gasteiger partial charge on any atom is 0.236 e. The second-order valence-corrected chi connectivity index (χ2v) is 7.09. The van der Waals surface area contributed by atoms with Gasteiger partial charge in [-0.1, -0.05) is 18.2 Å². The molecular formula is C22H19N3O4. The zero-order valence-corrected chi connectivity index (χ0v) is 15.8. The minimum absolute atomic E-state index is 0.0946. The van der Waals surface area contributed by atoms with Gasteiger partial charge in [0.1, 0.15) is 5.75 Å². The Morgan fingerprint density at radius 2 is 1.93 bits per heavy atom. The smallest absolute Gasteiger partial charge is 0.236 e. The number of nitrogens with one attached hydrogen (secondary N) is 1. The normalized spacial score (nSPS) is 15.6. The van der Waals surface area contributed by atoms with Crippen molar-refractivity contribution < 1.29 is 19.0 Å². The highest BCUT2D eigenvalue weighted by Gasteiger charge is 2.51. The molecule has 1 aliphatic heterocycles. The summed E-state index contributed by atoms with van der Waals surface area (Å²) < 4.78 is 16.2. The van der Waals surface area contributed by atoms with Gasteiger partial charge in [-0.25, -0.2) is 4.98 Å². The van der Waals surface area contributed by atoms with Crippen molar-refractivity contribution in [3.05, 3.63) is 60.4 Å². The molecule has 0 bridgehead atoms. The van der Waals surface area contributed by atoms with Crippen molar-refractivity contribution in [3.63, 3.8) is 0 Å². The molecule has 7 nitrogen and oxygen atoms in total. The predicted molar refractivity (Wildman–Crippen MR) is 106 cm³/mol. The van der Waals surface area contributed by atoms with Crippen LogP contribution in [0.3, 0.4) is 0 Å². The van der Waals surface area contributed by atoms with Crippen LogP contribution in [0.1, 0.15) is 18.4 Å². The molecule has 2 heterocycles. The van der Waals surface area contributed by atoms with Crippen LogP contribution in [-0.4, -0.2) is 29.8 Å². The maximum absolute atomic E-state index is 13.1. The zero-order chi connectivity index (χ0) is 19.8. The van der Waals surface area contributed by atoms with E-state index in [0.717, 1.165) is 24.0 Å². The molecule has 0 spiro atoms. The van der Waals surface area contributed by atoms with E-state index < -0.39 is 5.41 Å². The number of benzene rings is 2. The third-order valence-electron chi connectivity index (χ3n) is 5.37. The molecule has 1 N–H and O–H groups in total. The molecule has 1 amide bonds. The highest BCUT2D eigenvalue weighted by Crippen LogP contribution is 2.51. The number of anilines is 1. The van der Waals surface area contributed by atoms with E-state index in [1.165, 1.54) is 0 Å². The Morgan fingerprint density at radius 1 is 1.10 bits per heavy atom. The maximum atomic E-state index is 13.1. The average molecular weight is 389 g/mol. The molecule has 1 aliphatic carbocycles. The van der Waals surface area contributed by atoms with Gasteiger partial charge in [-0.15, -0.1) is 0 Å². The molecule has 3 aromatic rings. The Balaban J connectivity index is 1.40. The molecule has 1 saturated carbocycles. The number of hydrogen-bond donors (Lipinski definition) is 1. The minimum Gasteiger partial charge on any atom is -0.496 e. The zero-order valence-electron chi connectivity index (χ0n) is 15.8. The standard InChI is InChI=1S/C22H19N3O4/c1-27-17-5-3-2-4-15(17)16-11-23-12-20(24-16)25-21(26)22(8-9-22)14-6-7-18-19(10-14)29-13-28-18/h2-7,10-12H,8-9,13H2,1H3,(H,24,25,26). The number of fused-ring (bicyclic) bond motifs is 1. The van der Waals surface area contributed by atoms with E-state index in [9.17, 15) is 4.79 Å². The Labute approximate surface area is 167 Å². The summed E-state index contributed by atoms with van der Waals surface area (Å²) in [6, 6.07) is 13.2. The summed E-state index contributed by atoms with van der Waals surface area (Å²) in [6.45, 7) is 0.212. The van der Waals surface area contributed by atoms with Crippen molar-refractivity contribution in [3.8, 4) is 28.5 Å². The summed E-state index contributed by atoms with van der Waals surface area (Å²) in [5, 5.41) is 2.93. The number of methoxy groups -OCH3 is 1. The van der Waals surface area contributed by atoms with Crippen molar-refractivity contribution in [2.45, 2.75) is 18.3 Å². The molecule has 0 radical (unpaired) electrons. The molecule has 29 heavy (non-hydrogen) atoms. The summed E-state index contributed by atoms with van der Waals surface area (Å²) >= 11 is 0. The van der Waals surface area contributed by atoms with Crippen LogP contribution in [0, 0.1) is 0 Å². The van der Waals surface area contributed by atoms with Crippen LogP contribution in [0.25, 0.3) is 11.3 Å². The van der Waals surface area contributed by atoms with Gasteiger partial charge >= 0.3 is 0 Å². The van der Waals surface area contributed by atoms with Gasteiger partial charge in [0, 0.05) is 5.56 Å². The van der Waals surface area contributed by atoms with Crippen molar-refractivity contribution in [2.24, 2.45) is 0 Å². The van der Waals surface area contributed by atoms with Gasteiger partial charge in [0.05, 0.1) is 30.6 Å². The van der Waals surface area contributed by atoms with Gasteiger partial charge in [0.15, 0.2) is 17.3 Å². The van der Waals surface area contributed by atoms with Crippen LogP contribution >= 0.6 is 0 Å². The lowest BCUT2D eigenvalue weighted by Gasteiger charge is -2.16. The number of ether oxygens (including phenoxy) is 3. The summed E-state index contributed by atoms with van der Waals surface area (Å²) in [5.41, 5.74) is 1.81. The number of hydrogen-bond acceptors (Lipinski definition) is 6. The lowest BCUT2D eigenvalue weighted by Crippen LogP contribution is -2.28. The van der Waals surface area contributed by atoms with E-state index in [-0.39, 0.29) is 12.7 Å². The van der Waals surface area contributed by atoms with Crippen LogP contribution in [0.15, 0.2) is 54.9 Å². The van der Waals surface area contributed by atoms with Crippen molar-refractivity contribution >= 4 is 11.7 Å². The van der Waals surface area contributed by atoms with E-state index >= 15 is 0 Å². The first-order valence-corrected chi connectivity index (χ1v) is 9.37. The van der Waals surface area contributed by atoms with E-state index in [2.05, 4.69) is 15.3 Å². The first-order valence-electron chi connectivity index (χ1n) is 9.37. The molecule has 0 atom stereocenters. The largest absolute Gasteiger partial charge is 0.496 e. The minimum atomic E-state index is -0.566. The molecule has 2 aromatic carbocycles. The first kappa shape index (κ1) is 17.5. The van der Waals surface area contributed by atoms with Crippen LogP contribution in [0.2, 0.25) is 0 Å². The molecule has 0 unspecified atom stereocenters. The van der Waals surface area contributed by atoms with Crippen molar-refractivity contribution in [2.75, 3.05) is 19.2 Å². The highest BCUT2D eigenvalue weighted by molar-refractivity contribution is 6.01. The van der Waals surface area contributed by atoms with Gasteiger partial charge < -0.3 is 19.5 Å².